The molecule has 0 aromatic heterocycles. The zero-order chi connectivity index (χ0) is 10.7. The minimum absolute atomic E-state index is 0.0536. The third-order valence-corrected chi connectivity index (χ3v) is 1.83. The summed E-state index contributed by atoms with van der Waals surface area (Å²) in [5.41, 5.74) is 6.04. The van der Waals surface area contributed by atoms with Gasteiger partial charge in [-0.05, 0) is 6.92 Å². The van der Waals surface area contributed by atoms with E-state index in [4.69, 9.17) is 5.73 Å². The van der Waals surface area contributed by atoms with Gasteiger partial charge in [-0.3, -0.25) is 0 Å². The molecule has 0 saturated carbocycles. The molecular formula is C10H12F2N2. The average molecular weight is 198 g/mol. The molecule has 1 aromatic carbocycles. The zero-order valence-corrected chi connectivity index (χ0v) is 7.85. The summed E-state index contributed by atoms with van der Waals surface area (Å²) in [5, 5.41) is 2.88. The first-order valence-electron chi connectivity index (χ1n) is 4.18. The number of anilines is 2. The van der Waals surface area contributed by atoms with Crippen LogP contribution in [0.1, 0.15) is 6.92 Å². The largest absolute Gasteiger partial charge is 0.397 e. The molecule has 0 fully saturated rings. The Kier molecular flexibility index (Phi) is 3.06. The van der Waals surface area contributed by atoms with E-state index in [0.717, 1.165) is 12.1 Å². The third-order valence-electron chi connectivity index (χ3n) is 1.83. The fourth-order valence-corrected chi connectivity index (χ4v) is 0.991. The summed E-state index contributed by atoms with van der Waals surface area (Å²) >= 11 is 0. The fourth-order valence-electron chi connectivity index (χ4n) is 0.991. The molecule has 1 atom stereocenters. The van der Waals surface area contributed by atoms with E-state index in [-0.39, 0.29) is 11.7 Å². The van der Waals surface area contributed by atoms with E-state index in [1.807, 2.05) is 6.92 Å². The molecule has 0 aliphatic heterocycles. The highest BCUT2D eigenvalue weighted by atomic mass is 19.2. The van der Waals surface area contributed by atoms with E-state index >= 15 is 0 Å². The number of nitrogens with two attached hydrogens (primary N) is 1. The van der Waals surface area contributed by atoms with Crippen LogP contribution in [0.2, 0.25) is 0 Å². The van der Waals surface area contributed by atoms with Gasteiger partial charge in [-0.2, -0.15) is 0 Å². The van der Waals surface area contributed by atoms with Crippen LogP contribution in [0.25, 0.3) is 0 Å². The van der Waals surface area contributed by atoms with Crippen molar-refractivity contribution in [2.45, 2.75) is 13.0 Å². The molecule has 0 aliphatic rings. The van der Waals surface area contributed by atoms with E-state index < -0.39 is 11.6 Å². The molecule has 0 aliphatic carbocycles. The van der Waals surface area contributed by atoms with Crippen molar-refractivity contribution in [3.05, 3.63) is 36.4 Å². The predicted octanol–water partition coefficient (Wildman–Crippen LogP) is 2.53. The van der Waals surface area contributed by atoms with Gasteiger partial charge in [0.25, 0.3) is 0 Å². The maximum atomic E-state index is 12.8. The van der Waals surface area contributed by atoms with E-state index in [9.17, 15) is 8.78 Å². The number of halogens is 2. The van der Waals surface area contributed by atoms with Crippen LogP contribution in [0.4, 0.5) is 20.2 Å². The Labute approximate surface area is 81.4 Å². The maximum Gasteiger partial charge on any atom is 0.161 e. The third kappa shape index (κ3) is 2.22. The van der Waals surface area contributed by atoms with Gasteiger partial charge in [0, 0.05) is 18.2 Å². The number of hydrogen-bond donors (Lipinski definition) is 2. The van der Waals surface area contributed by atoms with Crippen LogP contribution in [0.15, 0.2) is 24.8 Å². The Morgan fingerprint density at radius 2 is 2.00 bits per heavy atom. The molecule has 4 heteroatoms. The van der Waals surface area contributed by atoms with E-state index in [1.54, 1.807) is 6.08 Å². The maximum absolute atomic E-state index is 12.8. The van der Waals surface area contributed by atoms with Crippen LogP contribution in [-0.2, 0) is 0 Å². The molecule has 0 amide bonds. The molecule has 76 valence electrons. The number of hydrogen-bond acceptors (Lipinski definition) is 2. The van der Waals surface area contributed by atoms with Crippen molar-refractivity contribution >= 4 is 11.4 Å². The van der Waals surface area contributed by atoms with E-state index in [1.165, 1.54) is 0 Å². The second-order valence-electron chi connectivity index (χ2n) is 3.02. The predicted molar refractivity (Wildman–Crippen MR) is 54.1 cm³/mol. The van der Waals surface area contributed by atoms with E-state index in [0.29, 0.717) is 5.69 Å². The van der Waals surface area contributed by atoms with Crippen LogP contribution in [0.5, 0.6) is 0 Å². The Hall–Kier alpha value is -1.58. The summed E-state index contributed by atoms with van der Waals surface area (Å²) in [6.07, 6.45) is 1.64. The summed E-state index contributed by atoms with van der Waals surface area (Å²) in [4.78, 5) is 0. The molecule has 1 unspecified atom stereocenters. The monoisotopic (exact) mass is 198 g/mol. The topological polar surface area (TPSA) is 38.0 Å². The minimum Gasteiger partial charge on any atom is -0.397 e. The van der Waals surface area contributed by atoms with Crippen molar-refractivity contribution < 1.29 is 8.78 Å². The van der Waals surface area contributed by atoms with Crippen molar-refractivity contribution in [3.8, 4) is 0 Å². The highest BCUT2D eigenvalue weighted by Crippen LogP contribution is 2.22. The Morgan fingerprint density at radius 3 is 2.57 bits per heavy atom. The summed E-state index contributed by atoms with van der Waals surface area (Å²) in [6, 6.07) is 1.93. The van der Waals surface area contributed by atoms with E-state index in [2.05, 4.69) is 11.9 Å². The first-order valence-corrected chi connectivity index (χ1v) is 4.18. The second kappa shape index (κ2) is 4.09. The number of nitrogen functional groups attached to an aromatic ring is 1. The number of benzene rings is 1. The molecule has 2 nitrogen and oxygen atoms in total. The van der Waals surface area contributed by atoms with Gasteiger partial charge in [-0.1, -0.05) is 6.08 Å². The zero-order valence-electron chi connectivity index (χ0n) is 7.85. The van der Waals surface area contributed by atoms with Crippen molar-refractivity contribution in [2.24, 2.45) is 0 Å². The molecule has 0 saturated heterocycles. The van der Waals surface area contributed by atoms with Crippen LogP contribution in [-0.4, -0.2) is 6.04 Å². The first kappa shape index (κ1) is 10.5. The molecule has 0 spiro atoms. The van der Waals surface area contributed by atoms with Crippen LogP contribution in [0, 0.1) is 11.6 Å². The van der Waals surface area contributed by atoms with Gasteiger partial charge >= 0.3 is 0 Å². The van der Waals surface area contributed by atoms with Crippen molar-refractivity contribution in [1.29, 1.82) is 0 Å². The molecule has 0 bridgehead atoms. The average Bonchev–Trinajstić information content (AvgIpc) is 2.14. The lowest BCUT2D eigenvalue weighted by atomic mass is 10.2. The smallest absolute Gasteiger partial charge is 0.161 e. The molecule has 0 radical (unpaired) electrons. The fraction of sp³-hybridized carbons (Fsp3) is 0.200. The molecule has 0 heterocycles. The van der Waals surface area contributed by atoms with Crippen LogP contribution in [0.3, 0.4) is 0 Å². The Balaban J connectivity index is 2.97. The van der Waals surface area contributed by atoms with Crippen LogP contribution < -0.4 is 11.1 Å². The summed E-state index contributed by atoms with van der Waals surface area (Å²) in [7, 11) is 0. The van der Waals surface area contributed by atoms with Gasteiger partial charge in [0.15, 0.2) is 11.6 Å². The summed E-state index contributed by atoms with van der Waals surface area (Å²) < 4.78 is 25.5. The lowest BCUT2D eigenvalue weighted by Crippen LogP contribution is -2.13. The number of nitrogens with one attached hydrogen (secondary N) is 1. The van der Waals surface area contributed by atoms with Gasteiger partial charge in [-0.25, -0.2) is 8.78 Å². The minimum atomic E-state index is -0.945. The van der Waals surface area contributed by atoms with Gasteiger partial charge in [0.1, 0.15) is 0 Å². The summed E-state index contributed by atoms with van der Waals surface area (Å²) in [5.74, 6) is -1.86. The lowest BCUT2D eigenvalue weighted by Gasteiger charge is -2.13. The molecule has 14 heavy (non-hydrogen) atoms. The molecule has 3 N–H and O–H groups in total. The molecular weight excluding hydrogens is 186 g/mol. The summed E-state index contributed by atoms with van der Waals surface area (Å²) in [6.45, 7) is 5.38. The van der Waals surface area contributed by atoms with Crippen molar-refractivity contribution in [1.82, 2.24) is 0 Å². The van der Waals surface area contributed by atoms with Gasteiger partial charge in [0.2, 0.25) is 0 Å². The molecule has 1 aromatic rings. The highest BCUT2D eigenvalue weighted by molar-refractivity contribution is 5.66. The van der Waals surface area contributed by atoms with Crippen molar-refractivity contribution in [3.63, 3.8) is 0 Å². The van der Waals surface area contributed by atoms with Gasteiger partial charge < -0.3 is 11.1 Å². The normalized spacial score (nSPS) is 12.2. The van der Waals surface area contributed by atoms with Gasteiger partial charge in [-0.15, -0.1) is 6.58 Å². The van der Waals surface area contributed by atoms with Gasteiger partial charge in [0.05, 0.1) is 11.4 Å². The number of rotatable bonds is 3. The first-order chi connectivity index (χ1) is 6.54. The highest BCUT2D eigenvalue weighted by Gasteiger charge is 2.08. The Morgan fingerprint density at radius 1 is 1.43 bits per heavy atom. The SMILES string of the molecule is C=CC(C)Nc1cc(F)c(F)cc1N. The van der Waals surface area contributed by atoms with Crippen molar-refractivity contribution in [2.75, 3.05) is 11.1 Å². The quantitative estimate of drug-likeness (QED) is 0.578. The lowest BCUT2D eigenvalue weighted by molar-refractivity contribution is 0.509. The molecule has 1 rings (SSSR count). The standard InChI is InChI=1S/C10H12F2N2/c1-3-6(2)14-10-5-8(12)7(11)4-9(10)13/h3-6,14H,1,13H2,2H3. The second-order valence-corrected chi connectivity index (χ2v) is 3.02. The Bertz CT molecular complexity index is 350. The van der Waals surface area contributed by atoms with Crippen LogP contribution >= 0.6 is 0 Å².